The SMILES string of the molecule is O=C(Nc1ccccc1-c1ccccc1)N1C[C@@H]2[C@H](CO)[C@H]3CC[C@]2(C1)O3. The number of anilines is 1. The Morgan fingerprint density at radius 1 is 1.19 bits per heavy atom. The third-order valence-electron chi connectivity index (χ3n) is 6.54. The molecule has 1 spiro atoms. The van der Waals surface area contributed by atoms with Gasteiger partial charge in [0.15, 0.2) is 0 Å². The minimum absolute atomic E-state index is 0.0918. The smallest absolute Gasteiger partial charge is 0.321 e. The number of carbonyl (C=O) groups is 1. The maximum Gasteiger partial charge on any atom is 0.321 e. The minimum atomic E-state index is -0.242. The number of aliphatic hydroxyl groups is 1. The van der Waals surface area contributed by atoms with Gasteiger partial charge in [0.1, 0.15) is 0 Å². The van der Waals surface area contributed by atoms with E-state index < -0.39 is 0 Å². The first kappa shape index (κ1) is 16.8. The molecular weight excluding hydrogens is 340 g/mol. The van der Waals surface area contributed by atoms with Gasteiger partial charge in [0, 0.05) is 30.6 Å². The number of benzene rings is 2. The fourth-order valence-electron chi connectivity index (χ4n) is 5.25. The molecule has 0 radical (unpaired) electrons. The van der Waals surface area contributed by atoms with Gasteiger partial charge < -0.3 is 20.1 Å². The van der Waals surface area contributed by atoms with Crippen LogP contribution in [0.25, 0.3) is 11.1 Å². The Morgan fingerprint density at radius 3 is 2.78 bits per heavy atom. The molecule has 2 bridgehead atoms. The first-order valence-corrected chi connectivity index (χ1v) is 9.69. The zero-order chi connectivity index (χ0) is 18.4. The second-order valence-corrected chi connectivity index (χ2v) is 7.93. The lowest BCUT2D eigenvalue weighted by atomic mass is 9.74. The highest BCUT2D eigenvalue weighted by molar-refractivity contribution is 5.94. The number of rotatable bonds is 3. The van der Waals surface area contributed by atoms with Crippen LogP contribution in [0.5, 0.6) is 0 Å². The van der Waals surface area contributed by atoms with Gasteiger partial charge in [0.2, 0.25) is 0 Å². The molecule has 2 N–H and O–H groups in total. The Kier molecular flexibility index (Phi) is 3.95. The van der Waals surface area contributed by atoms with Crippen LogP contribution in [-0.2, 0) is 4.74 Å². The molecule has 3 heterocycles. The Bertz CT molecular complexity index is 856. The lowest BCUT2D eigenvalue weighted by molar-refractivity contribution is 0.00434. The van der Waals surface area contributed by atoms with Gasteiger partial charge in [-0.1, -0.05) is 48.5 Å². The van der Waals surface area contributed by atoms with Gasteiger partial charge in [-0.05, 0) is 24.5 Å². The number of hydrogen-bond acceptors (Lipinski definition) is 3. The van der Waals surface area contributed by atoms with E-state index in [0.29, 0.717) is 13.1 Å². The topological polar surface area (TPSA) is 61.8 Å². The van der Waals surface area contributed by atoms with Crippen LogP contribution in [0.1, 0.15) is 12.8 Å². The van der Waals surface area contributed by atoms with Crippen molar-refractivity contribution in [2.24, 2.45) is 11.8 Å². The molecule has 0 aliphatic carbocycles. The predicted octanol–water partition coefficient (Wildman–Crippen LogP) is 3.36. The molecule has 140 valence electrons. The van der Waals surface area contributed by atoms with Crippen molar-refractivity contribution in [2.75, 3.05) is 25.0 Å². The molecule has 3 fully saturated rings. The van der Waals surface area contributed by atoms with E-state index in [4.69, 9.17) is 4.74 Å². The molecule has 2 aromatic carbocycles. The number of amides is 2. The van der Waals surface area contributed by atoms with Gasteiger partial charge in [-0.15, -0.1) is 0 Å². The number of likely N-dealkylation sites (tertiary alicyclic amines) is 1. The van der Waals surface area contributed by atoms with Crippen LogP contribution >= 0.6 is 0 Å². The zero-order valence-corrected chi connectivity index (χ0v) is 15.2. The van der Waals surface area contributed by atoms with Gasteiger partial charge in [0.05, 0.1) is 23.9 Å². The molecule has 0 unspecified atom stereocenters. The van der Waals surface area contributed by atoms with E-state index in [2.05, 4.69) is 5.32 Å². The van der Waals surface area contributed by atoms with E-state index in [1.165, 1.54) is 0 Å². The second kappa shape index (κ2) is 6.36. The lowest BCUT2D eigenvalue weighted by Crippen LogP contribution is -2.38. The number of ether oxygens (including phenoxy) is 1. The molecule has 3 aliphatic rings. The van der Waals surface area contributed by atoms with Crippen LogP contribution in [0.15, 0.2) is 54.6 Å². The van der Waals surface area contributed by atoms with Crippen molar-refractivity contribution in [3.63, 3.8) is 0 Å². The normalized spacial score (nSPS) is 31.1. The Balaban J connectivity index is 1.36. The molecule has 27 heavy (non-hydrogen) atoms. The lowest BCUT2D eigenvalue weighted by Gasteiger charge is -2.27. The number of para-hydroxylation sites is 1. The molecule has 0 saturated carbocycles. The Hall–Kier alpha value is -2.37. The van der Waals surface area contributed by atoms with E-state index in [-0.39, 0.29) is 36.2 Å². The van der Waals surface area contributed by atoms with E-state index in [0.717, 1.165) is 29.7 Å². The largest absolute Gasteiger partial charge is 0.396 e. The summed E-state index contributed by atoms with van der Waals surface area (Å²) in [6.45, 7) is 1.41. The molecular formula is C22H24N2O3. The van der Waals surface area contributed by atoms with Gasteiger partial charge in [-0.2, -0.15) is 0 Å². The average Bonchev–Trinajstić information content (AvgIpc) is 3.37. The molecule has 5 nitrogen and oxygen atoms in total. The van der Waals surface area contributed by atoms with Crippen molar-refractivity contribution in [2.45, 2.75) is 24.5 Å². The first-order valence-electron chi connectivity index (χ1n) is 9.69. The quantitative estimate of drug-likeness (QED) is 0.878. The van der Waals surface area contributed by atoms with Crippen molar-refractivity contribution in [3.05, 3.63) is 54.6 Å². The standard InChI is InChI=1S/C22H24N2O3/c25-13-17-18-12-24(14-22(18)11-10-20(17)27-22)21(26)23-19-9-5-4-8-16(19)15-6-2-1-3-7-15/h1-9,17-18,20,25H,10-14H2,(H,23,26)/t17-,18+,20+,22+/m0/s1. The Labute approximate surface area is 158 Å². The van der Waals surface area contributed by atoms with Crippen molar-refractivity contribution < 1.29 is 14.6 Å². The molecule has 5 heteroatoms. The maximum absolute atomic E-state index is 13.0. The number of nitrogens with zero attached hydrogens (tertiary/aromatic N) is 1. The number of aliphatic hydroxyl groups excluding tert-OH is 1. The molecule has 0 aromatic heterocycles. The highest BCUT2D eigenvalue weighted by Gasteiger charge is 2.63. The molecule has 2 aromatic rings. The van der Waals surface area contributed by atoms with Crippen molar-refractivity contribution in [3.8, 4) is 11.1 Å². The van der Waals surface area contributed by atoms with E-state index in [1.807, 2.05) is 59.5 Å². The van der Waals surface area contributed by atoms with Crippen LogP contribution in [0.4, 0.5) is 10.5 Å². The molecule has 3 aliphatic heterocycles. The summed E-state index contributed by atoms with van der Waals surface area (Å²) >= 11 is 0. The number of nitrogens with one attached hydrogen (secondary N) is 1. The number of urea groups is 1. The highest BCUT2D eigenvalue weighted by atomic mass is 16.5. The summed E-state index contributed by atoms with van der Waals surface area (Å²) in [5, 5.41) is 12.9. The van der Waals surface area contributed by atoms with Gasteiger partial charge in [0.25, 0.3) is 0 Å². The summed E-state index contributed by atoms with van der Waals surface area (Å²) in [6.07, 6.45) is 2.15. The number of carbonyl (C=O) groups excluding carboxylic acids is 1. The third-order valence-corrected chi connectivity index (χ3v) is 6.54. The summed E-state index contributed by atoms with van der Waals surface area (Å²) in [5.41, 5.74) is 2.66. The van der Waals surface area contributed by atoms with Crippen LogP contribution in [0, 0.1) is 11.8 Å². The van der Waals surface area contributed by atoms with Crippen molar-refractivity contribution in [1.82, 2.24) is 4.90 Å². The summed E-state index contributed by atoms with van der Waals surface area (Å²) in [5.74, 6) is 0.407. The van der Waals surface area contributed by atoms with E-state index >= 15 is 0 Å². The molecule has 5 rings (SSSR count). The van der Waals surface area contributed by atoms with Crippen molar-refractivity contribution in [1.29, 1.82) is 0 Å². The van der Waals surface area contributed by atoms with Gasteiger partial charge >= 0.3 is 6.03 Å². The Morgan fingerprint density at radius 2 is 1.96 bits per heavy atom. The summed E-state index contributed by atoms with van der Waals surface area (Å²) < 4.78 is 6.23. The van der Waals surface area contributed by atoms with Crippen LogP contribution in [0.2, 0.25) is 0 Å². The number of fused-ring (bicyclic) bond motifs is 1. The fourth-order valence-corrected chi connectivity index (χ4v) is 5.25. The fraction of sp³-hybridized carbons (Fsp3) is 0.409. The average molecular weight is 364 g/mol. The summed E-state index contributed by atoms with van der Waals surface area (Å²) in [4.78, 5) is 14.9. The van der Waals surface area contributed by atoms with Crippen LogP contribution in [0.3, 0.4) is 0 Å². The van der Waals surface area contributed by atoms with E-state index in [9.17, 15) is 9.90 Å². The molecule has 3 saturated heterocycles. The van der Waals surface area contributed by atoms with Crippen LogP contribution < -0.4 is 5.32 Å². The predicted molar refractivity (Wildman–Crippen MR) is 103 cm³/mol. The summed E-state index contributed by atoms with van der Waals surface area (Å²) in [7, 11) is 0. The van der Waals surface area contributed by atoms with Gasteiger partial charge in [-0.3, -0.25) is 0 Å². The maximum atomic E-state index is 13.0. The van der Waals surface area contributed by atoms with E-state index in [1.54, 1.807) is 0 Å². The van der Waals surface area contributed by atoms with Gasteiger partial charge in [-0.25, -0.2) is 4.79 Å². The second-order valence-electron chi connectivity index (χ2n) is 7.93. The highest BCUT2D eigenvalue weighted by Crippen LogP contribution is 2.54. The third kappa shape index (κ3) is 2.65. The monoisotopic (exact) mass is 364 g/mol. The molecule has 2 amide bonds. The minimum Gasteiger partial charge on any atom is -0.396 e. The van der Waals surface area contributed by atoms with Crippen LogP contribution in [-0.4, -0.2) is 47.4 Å². The summed E-state index contributed by atoms with van der Waals surface area (Å²) in [6, 6.07) is 17.9. The molecule has 4 atom stereocenters. The van der Waals surface area contributed by atoms with Crippen molar-refractivity contribution >= 4 is 11.7 Å². The zero-order valence-electron chi connectivity index (χ0n) is 15.2. The number of hydrogen-bond donors (Lipinski definition) is 2. The first-order chi connectivity index (χ1) is 13.2.